The van der Waals surface area contributed by atoms with Crippen molar-refractivity contribution in [2.75, 3.05) is 21.5 Å². The summed E-state index contributed by atoms with van der Waals surface area (Å²) < 4.78 is 28.0. The van der Waals surface area contributed by atoms with Crippen LogP contribution in [0.25, 0.3) is 0 Å². The second kappa shape index (κ2) is 9.48. The minimum atomic E-state index is -3.77. The Morgan fingerprint density at radius 3 is 2.38 bits per heavy atom. The van der Waals surface area contributed by atoms with E-state index in [-0.39, 0.29) is 4.90 Å². The Kier molecular flexibility index (Phi) is 6.63. The summed E-state index contributed by atoms with van der Waals surface area (Å²) in [4.78, 5) is 25.2. The zero-order chi connectivity index (χ0) is 24.5. The zero-order valence-corrected chi connectivity index (χ0v) is 20.3. The highest BCUT2D eigenvalue weighted by Gasteiger charge is 2.29. The van der Waals surface area contributed by atoms with E-state index in [1.54, 1.807) is 67.6 Å². The van der Waals surface area contributed by atoms with Gasteiger partial charge >= 0.3 is 11.8 Å². The number of amides is 2. The maximum atomic E-state index is 13.3. The Morgan fingerprint density at radius 2 is 1.65 bits per heavy atom. The Bertz CT molecular complexity index is 1370. The van der Waals surface area contributed by atoms with E-state index in [9.17, 15) is 18.0 Å². The van der Waals surface area contributed by atoms with Crippen molar-refractivity contribution in [3.63, 3.8) is 0 Å². The van der Waals surface area contributed by atoms with Gasteiger partial charge in [-0.05, 0) is 74.2 Å². The fourth-order valence-electron chi connectivity index (χ4n) is 3.82. The number of rotatable bonds is 4. The summed E-state index contributed by atoms with van der Waals surface area (Å²) in [5, 5.41) is 5.59. The lowest BCUT2D eigenvalue weighted by Crippen LogP contribution is -2.35. The molecule has 1 aliphatic heterocycles. The molecule has 34 heavy (non-hydrogen) atoms. The average Bonchev–Trinajstić information content (AvgIpc) is 2.81. The van der Waals surface area contributed by atoms with Gasteiger partial charge < -0.3 is 10.6 Å². The SMILES string of the molecule is Cc1ccc(S(=O)(=O)N2CCCc3ccc(NC(=O)C(=O)Nc4cccc(Cl)c4C)cc32)cc1. The van der Waals surface area contributed by atoms with Crippen molar-refractivity contribution in [3.05, 3.63) is 82.4 Å². The molecule has 3 aromatic carbocycles. The van der Waals surface area contributed by atoms with Crippen LogP contribution in [0.15, 0.2) is 65.6 Å². The Labute approximate surface area is 203 Å². The number of sulfonamides is 1. The van der Waals surface area contributed by atoms with Crippen LogP contribution in [0.3, 0.4) is 0 Å². The predicted octanol–water partition coefficient (Wildman–Crippen LogP) is 4.68. The molecule has 4 rings (SSSR count). The number of halogens is 1. The summed E-state index contributed by atoms with van der Waals surface area (Å²) in [6.45, 7) is 3.96. The molecule has 9 heteroatoms. The molecule has 0 atom stereocenters. The maximum absolute atomic E-state index is 13.3. The third kappa shape index (κ3) is 4.78. The molecule has 0 bridgehead atoms. The van der Waals surface area contributed by atoms with Crippen molar-refractivity contribution in [1.29, 1.82) is 0 Å². The minimum absolute atomic E-state index is 0.205. The minimum Gasteiger partial charge on any atom is -0.318 e. The van der Waals surface area contributed by atoms with E-state index >= 15 is 0 Å². The van der Waals surface area contributed by atoms with E-state index in [1.807, 2.05) is 6.92 Å². The molecule has 2 amide bonds. The van der Waals surface area contributed by atoms with Crippen molar-refractivity contribution in [2.24, 2.45) is 0 Å². The Morgan fingerprint density at radius 1 is 0.941 bits per heavy atom. The molecule has 176 valence electrons. The standard InChI is InChI=1S/C25H24ClN3O4S/c1-16-8-12-20(13-9-16)34(32,33)29-14-4-5-18-10-11-19(15-23(18)29)27-24(30)25(31)28-22-7-3-6-21(26)17(22)2/h3,6-13,15H,4-5,14H2,1-2H3,(H,27,30)(H,28,31). The molecule has 0 aliphatic carbocycles. The summed E-state index contributed by atoms with van der Waals surface area (Å²) in [5.41, 5.74) is 3.74. The van der Waals surface area contributed by atoms with E-state index in [4.69, 9.17) is 11.6 Å². The fourth-order valence-corrected chi connectivity index (χ4v) is 5.52. The largest absolute Gasteiger partial charge is 0.318 e. The van der Waals surface area contributed by atoms with Crippen LogP contribution in [0.5, 0.6) is 0 Å². The second-order valence-corrected chi connectivity index (χ2v) is 10.4. The molecule has 0 radical (unpaired) electrons. The first kappa shape index (κ1) is 23.8. The molecule has 0 saturated heterocycles. The van der Waals surface area contributed by atoms with Crippen LogP contribution in [0.4, 0.5) is 17.1 Å². The van der Waals surface area contributed by atoms with Gasteiger partial charge in [0.05, 0.1) is 10.6 Å². The van der Waals surface area contributed by atoms with E-state index in [1.165, 1.54) is 4.31 Å². The molecular weight excluding hydrogens is 474 g/mol. The van der Waals surface area contributed by atoms with Crippen LogP contribution >= 0.6 is 11.6 Å². The summed E-state index contributed by atoms with van der Waals surface area (Å²) in [5.74, 6) is -1.73. The van der Waals surface area contributed by atoms with Gasteiger partial charge in [0.2, 0.25) is 0 Å². The quantitative estimate of drug-likeness (QED) is 0.512. The van der Waals surface area contributed by atoms with Crippen molar-refractivity contribution < 1.29 is 18.0 Å². The monoisotopic (exact) mass is 497 g/mol. The molecule has 0 spiro atoms. The maximum Gasteiger partial charge on any atom is 0.314 e. The topological polar surface area (TPSA) is 95.6 Å². The molecule has 3 aromatic rings. The number of aryl methyl sites for hydroxylation is 2. The van der Waals surface area contributed by atoms with Crippen molar-refractivity contribution >= 4 is 50.5 Å². The van der Waals surface area contributed by atoms with Gasteiger partial charge in [-0.3, -0.25) is 13.9 Å². The van der Waals surface area contributed by atoms with Gasteiger partial charge in [-0.1, -0.05) is 41.4 Å². The summed E-state index contributed by atoms with van der Waals surface area (Å²) in [6, 6.07) is 16.8. The number of hydrogen-bond acceptors (Lipinski definition) is 4. The molecule has 0 aromatic heterocycles. The van der Waals surface area contributed by atoms with E-state index < -0.39 is 21.8 Å². The third-order valence-electron chi connectivity index (χ3n) is 5.75. The number of fused-ring (bicyclic) bond motifs is 1. The molecule has 0 saturated carbocycles. The fraction of sp³-hybridized carbons (Fsp3) is 0.200. The van der Waals surface area contributed by atoms with Gasteiger partial charge in [0.15, 0.2) is 0 Å². The van der Waals surface area contributed by atoms with E-state index in [0.717, 1.165) is 17.5 Å². The number of benzene rings is 3. The molecular formula is C25H24ClN3O4S. The summed E-state index contributed by atoms with van der Waals surface area (Å²) >= 11 is 6.07. The number of carbonyl (C=O) groups excluding carboxylic acids is 2. The van der Waals surface area contributed by atoms with Gasteiger partial charge in [0, 0.05) is 22.9 Å². The first-order valence-corrected chi connectivity index (χ1v) is 12.6. The number of hydrogen-bond donors (Lipinski definition) is 2. The predicted molar refractivity (Wildman–Crippen MR) is 134 cm³/mol. The van der Waals surface area contributed by atoms with E-state index in [0.29, 0.717) is 40.6 Å². The Balaban J connectivity index is 1.56. The highest BCUT2D eigenvalue weighted by atomic mass is 35.5. The van der Waals surface area contributed by atoms with Gasteiger partial charge in [-0.15, -0.1) is 0 Å². The van der Waals surface area contributed by atoms with Crippen LogP contribution < -0.4 is 14.9 Å². The van der Waals surface area contributed by atoms with Gasteiger partial charge in [-0.25, -0.2) is 8.42 Å². The first-order chi connectivity index (χ1) is 16.2. The van der Waals surface area contributed by atoms with E-state index in [2.05, 4.69) is 10.6 Å². The normalized spacial score (nSPS) is 13.2. The zero-order valence-electron chi connectivity index (χ0n) is 18.8. The molecule has 7 nitrogen and oxygen atoms in total. The molecule has 2 N–H and O–H groups in total. The van der Waals surface area contributed by atoms with Crippen LogP contribution in [0, 0.1) is 13.8 Å². The highest BCUT2D eigenvalue weighted by Crippen LogP contribution is 2.34. The summed E-state index contributed by atoms with van der Waals surface area (Å²) in [6.07, 6.45) is 1.41. The van der Waals surface area contributed by atoms with Crippen molar-refractivity contribution in [1.82, 2.24) is 0 Å². The number of carbonyl (C=O) groups is 2. The highest BCUT2D eigenvalue weighted by molar-refractivity contribution is 7.92. The molecule has 0 fully saturated rings. The molecule has 1 aliphatic rings. The van der Waals surface area contributed by atoms with Crippen LogP contribution in [0.2, 0.25) is 5.02 Å². The number of nitrogens with one attached hydrogen (secondary N) is 2. The van der Waals surface area contributed by atoms with Crippen LogP contribution in [0.1, 0.15) is 23.1 Å². The number of nitrogens with zero attached hydrogens (tertiary/aromatic N) is 1. The molecule has 1 heterocycles. The lowest BCUT2D eigenvalue weighted by molar-refractivity contribution is -0.133. The lowest BCUT2D eigenvalue weighted by Gasteiger charge is -2.31. The second-order valence-electron chi connectivity index (χ2n) is 8.16. The van der Waals surface area contributed by atoms with Crippen LogP contribution in [-0.2, 0) is 26.0 Å². The Hall–Kier alpha value is -3.36. The van der Waals surface area contributed by atoms with Crippen molar-refractivity contribution in [2.45, 2.75) is 31.6 Å². The van der Waals surface area contributed by atoms with Gasteiger partial charge in [-0.2, -0.15) is 0 Å². The molecule has 0 unspecified atom stereocenters. The third-order valence-corrected chi connectivity index (χ3v) is 7.99. The lowest BCUT2D eigenvalue weighted by atomic mass is 10.0. The smallest absolute Gasteiger partial charge is 0.314 e. The van der Waals surface area contributed by atoms with Gasteiger partial charge in [0.1, 0.15) is 0 Å². The first-order valence-electron chi connectivity index (χ1n) is 10.8. The van der Waals surface area contributed by atoms with Gasteiger partial charge in [0.25, 0.3) is 10.0 Å². The average molecular weight is 498 g/mol. The van der Waals surface area contributed by atoms with Crippen molar-refractivity contribution in [3.8, 4) is 0 Å². The van der Waals surface area contributed by atoms with Crippen LogP contribution in [-0.4, -0.2) is 26.8 Å². The summed E-state index contributed by atoms with van der Waals surface area (Å²) in [7, 11) is -3.77. The number of anilines is 3.